The molecule has 1 aromatic carbocycles. The number of carbonyl (C=O) groups excluding carboxylic acids is 2. The molecule has 2 aromatic rings. The molecule has 0 spiro atoms. The summed E-state index contributed by atoms with van der Waals surface area (Å²) in [7, 11) is 0. The minimum absolute atomic E-state index is 0.0650. The van der Waals surface area contributed by atoms with Gasteiger partial charge >= 0.3 is 0 Å². The first-order chi connectivity index (χ1) is 13.2. The van der Waals surface area contributed by atoms with Crippen LogP contribution in [-0.2, 0) is 10.2 Å². The first-order valence-electron chi connectivity index (χ1n) is 9.54. The van der Waals surface area contributed by atoms with Gasteiger partial charge in [0.05, 0.1) is 12.8 Å². The van der Waals surface area contributed by atoms with Crippen molar-refractivity contribution in [2.24, 2.45) is 5.92 Å². The van der Waals surface area contributed by atoms with Crippen molar-refractivity contribution in [2.75, 3.05) is 13.2 Å². The molecule has 152 valence electrons. The lowest BCUT2D eigenvalue weighted by molar-refractivity contribution is -0.124. The number of hydrogen-bond acceptors (Lipinski definition) is 4. The molecular weight excluding hydrogens is 356 g/mol. The van der Waals surface area contributed by atoms with Gasteiger partial charge in [-0.15, -0.1) is 0 Å². The SMILES string of the molecule is CC(C)C(NC(=O)c1ccco1)C(=O)NCCOc1ccc(C(C)(C)C)cc1. The van der Waals surface area contributed by atoms with Crippen LogP contribution in [0.25, 0.3) is 0 Å². The zero-order valence-corrected chi connectivity index (χ0v) is 17.2. The zero-order valence-electron chi connectivity index (χ0n) is 17.2. The minimum atomic E-state index is -0.649. The minimum Gasteiger partial charge on any atom is -0.492 e. The van der Waals surface area contributed by atoms with Crippen molar-refractivity contribution in [2.45, 2.75) is 46.1 Å². The van der Waals surface area contributed by atoms with E-state index in [1.807, 2.05) is 38.1 Å². The fourth-order valence-electron chi connectivity index (χ4n) is 2.66. The number of ether oxygens (including phenoxy) is 1. The Morgan fingerprint density at radius 2 is 1.79 bits per heavy atom. The van der Waals surface area contributed by atoms with Crippen molar-refractivity contribution in [1.29, 1.82) is 0 Å². The van der Waals surface area contributed by atoms with Crippen molar-refractivity contribution < 1.29 is 18.7 Å². The summed E-state index contributed by atoms with van der Waals surface area (Å²) < 4.78 is 10.8. The van der Waals surface area contributed by atoms with Gasteiger partial charge in [-0.2, -0.15) is 0 Å². The highest BCUT2D eigenvalue weighted by Crippen LogP contribution is 2.24. The van der Waals surface area contributed by atoms with Gasteiger partial charge in [-0.3, -0.25) is 9.59 Å². The quantitative estimate of drug-likeness (QED) is 0.680. The second kappa shape index (κ2) is 9.44. The molecule has 1 unspecified atom stereocenters. The monoisotopic (exact) mass is 386 g/mol. The molecule has 2 amide bonds. The lowest BCUT2D eigenvalue weighted by atomic mass is 9.87. The van der Waals surface area contributed by atoms with Crippen LogP contribution >= 0.6 is 0 Å². The van der Waals surface area contributed by atoms with E-state index in [1.54, 1.807) is 12.1 Å². The maximum Gasteiger partial charge on any atom is 0.287 e. The van der Waals surface area contributed by atoms with Crippen LogP contribution in [0.5, 0.6) is 5.75 Å². The highest BCUT2D eigenvalue weighted by molar-refractivity contribution is 5.95. The van der Waals surface area contributed by atoms with Crippen LogP contribution in [0, 0.1) is 5.92 Å². The molecule has 1 atom stereocenters. The predicted octanol–water partition coefficient (Wildman–Crippen LogP) is 3.53. The molecule has 28 heavy (non-hydrogen) atoms. The molecule has 0 aliphatic heterocycles. The predicted molar refractivity (Wildman–Crippen MR) is 108 cm³/mol. The molecule has 0 bridgehead atoms. The van der Waals surface area contributed by atoms with E-state index in [0.29, 0.717) is 13.2 Å². The summed E-state index contributed by atoms with van der Waals surface area (Å²) in [5, 5.41) is 5.52. The second-order valence-corrected chi connectivity index (χ2v) is 8.09. The first-order valence-corrected chi connectivity index (χ1v) is 9.54. The molecular formula is C22H30N2O4. The van der Waals surface area contributed by atoms with Crippen LogP contribution < -0.4 is 15.4 Å². The normalized spacial score (nSPS) is 12.5. The standard InChI is InChI=1S/C22H30N2O4/c1-15(2)19(24-20(25)18-7-6-13-28-18)21(26)23-12-14-27-17-10-8-16(9-11-17)22(3,4)5/h6-11,13,15,19H,12,14H2,1-5H3,(H,23,26)(H,24,25). The van der Waals surface area contributed by atoms with Gasteiger partial charge in [0.2, 0.25) is 5.91 Å². The maximum absolute atomic E-state index is 12.4. The van der Waals surface area contributed by atoms with Gasteiger partial charge in [0.1, 0.15) is 18.4 Å². The van der Waals surface area contributed by atoms with Gasteiger partial charge in [0.15, 0.2) is 5.76 Å². The smallest absolute Gasteiger partial charge is 0.287 e. The molecule has 0 saturated heterocycles. The summed E-state index contributed by atoms with van der Waals surface area (Å²) >= 11 is 0. The molecule has 6 nitrogen and oxygen atoms in total. The van der Waals surface area contributed by atoms with Gasteiger partial charge in [0.25, 0.3) is 5.91 Å². The molecule has 2 N–H and O–H groups in total. The number of hydrogen-bond donors (Lipinski definition) is 2. The Morgan fingerprint density at radius 3 is 2.32 bits per heavy atom. The van der Waals surface area contributed by atoms with Crippen LogP contribution in [0.3, 0.4) is 0 Å². The molecule has 0 aliphatic carbocycles. The number of furan rings is 1. The Bertz CT molecular complexity index is 759. The summed E-state index contributed by atoms with van der Waals surface area (Å²) in [5.41, 5.74) is 1.33. The van der Waals surface area contributed by atoms with Gasteiger partial charge < -0.3 is 19.8 Å². The first kappa shape index (κ1) is 21.5. The highest BCUT2D eigenvalue weighted by atomic mass is 16.5. The van der Waals surface area contributed by atoms with Crippen LogP contribution in [0.2, 0.25) is 0 Å². The van der Waals surface area contributed by atoms with E-state index in [9.17, 15) is 9.59 Å². The van der Waals surface area contributed by atoms with E-state index >= 15 is 0 Å². The maximum atomic E-state index is 12.4. The molecule has 0 aliphatic rings. The average molecular weight is 386 g/mol. The highest BCUT2D eigenvalue weighted by Gasteiger charge is 2.25. The third-order valence-electron chi connectivity index (χ3n) is 4.37. The number of rotatable bonds is 8. The molecule has 0 radical (unpaired) electrons. The summed E-state index contributed by atoms with van der Waals surface area (Å²) in [4.78, 5) is 24.6. The van der Waals surface area contributed by atoms with Crippen LogP contribution in [0.4, 0.5) is 0 Å². The van der Waals surface area contributed by atoms with E-state index in [4.69, 9.17) is 9.15 Å². The number of benzene rings is 1. The fraction of sp³-hybridized carbons (Fsp3) is 0.455. The molecule has 6 heteroatoms. The third-order valence-corrected chi connectivity index (χ3v) is 4.37. The van der Waals surface area contributed by atoms with Gasteiger partial charge in [-0.1, -0.05) is 46.8 Å². The Morgan fingerprint density at radius 1 is 1.11 bits per heavy atom. The number of carbonyl (C=O) groups is 2. The zero-order chi connectivity index (χ0) is 20.7. The van der Waals surface area contributed by atoms with Crippen molar-refractivity contribution in [3.8, 4) is 5.75 Å². The Hall–Kier alpha value is -2.76. The summed E-state index contributed by atoms with van der Waals surface area (Å²) in [6, 6.07) is 10.5. The van der Waals surface area contributed by atoms with Gasteiger partial charge in [-0.05, 0) is 41.2 Å². The van der Waals surface area contributed by atoms with Crippen LogP contribution in [-0.4, -0.2) is 31.0 Å². The molecule has 0 saturated carbocycles. The Balaban J connectivity index is 1.80. The van der Waals surface area contributed by atoms with E-state index in [0.717, 1.165) is 5.75 Å². The van der Waals surface area contributed by atoms with E-state index in [-0.39, 0.29) is 23.0 Å². The van der Waals surface area contributed by atoms with Gasteiger partial charge in [-0.25, -0.2) is 0 Å². The fourth-order valence-corrected chi connectivity index (χ4v) is 2.66. The van der Waals surface area contributed by atoms with E-state index < -0.39 is 11.9 Å². The third kappa shape index (κ3) is 6.15. The van der Waals surface area contributed by atoms with Crippen molar-refractivity contribution in [3.05, 3.63) is 54.0 Å². The average Bonchev–Trinajstić information content (AvgIpc) is 3.17. The van der Waals surface area contributed by atoms with Crippen molar-refractivity contribution in [3.63, 3.8) is 0 Å². The summed E-state index contributed by atoms with van der Waals surface area (Å²) in [6.45, 7) is 10.9. The number of amides is 2. The lowest BCUT2D eigenvalue weighted by Gasteiger charge is -2.21. The van der Waals surface area contributed by atoms with E-state index in [1.165, 1.54) is 11.8 Å². The summed E-state index contributed by atoms with van der Waals surface area (Å²) in [6.07, 6.45) is 1.42. The topological polar surface area (TPSA) is 80.6 Å². The van der Waals surface area contributed by atoms with Crippen molar-refractivity contribution >= 4 is 11.8 Å². The summed E-state index contributed by atoms with van der Waals surface area (Å²) in [5.74, 6) is 0.217. The molecule has 1 aromatic heterocycles. The van der Waals surface area contributed by atoms with Crippen molar-refractivity contribution in [1.82, 2.24) is 10.6 Å². The van der Waals surface area contributed by atoms with Crippen LogP contribution in [0.1, 0.15) is 50.7 Å². The largest absolute Gasteiger partial charge is 0.492 e. The van der Waals surface area contributed by atoms with Crippen LogP contribution in [0.15, 0.2) is 47.1 Å². The van der Waals surface area contributed by atoms with Gasteiger partial charge in [0, 0.05) is 0 Å². The molecule has 1 heterocycles. The molecule has 2 rings (SSSR count). The van der Waals surface area contributed by atoms with E-state index in [2.05, 4.69) is 31.4 Å². The number of nitrogens with one attached hydrogen (secondary N) is 2. The second-order valence-electron chi connectivity index (χ2n) is 8.09. The molecule has 0 fully saturated rings. The Kier molecular flexibility index (Phi) is 7.26. The lowest BCUT2D eigenvalue weighted by Crippen LogP contribution is -2.50. The Labute approximate surface area is 166 Å².